The fraction of sp³-hybridized carbons (Fsp3) is 0.269. The molecule has 0 aliphatic carbocycles. The van der Waals surface area contributed by atoms with E-state index >= 15 is 0 Å². The minimum absolute atomic E-state index is 0.134. The molecule has 164 valence electrons. The number of nitrogens with zero attached hydrogens (tertiary/aromatic N) is 2. The Kier molecular flexibility index (Phi) is 6.80. The molecule has 2 N–H and O–H groups in total. The van der Waals surface area contributed by atoms with Crippen LogP contribution in [0.2, 0.25) is 0 Å². The molecule has 6 nitrogen and oxygen atoms in total. The van der Waals surface area contributed by atoms with Crippen LogP contribution < -0.4 is 10.6 Å². The predicted molar refractivity (Wildman–Crippen MR) is 127 cm³/mol. The fourth-order valence-electron chi connectivity index (χ4n) is 3.93. The second-order valence-corrected chi connectivity index (χ2v) is 8.14. The third kappa shape index (κ3) is 5.52. The van der Waals surface area contributed by atoms with Gasteiger partial charge < -0.3 is 15.5 Å². The number of carbonyl (C=O) groups excluding carboxylic acids is 2. The van der Waals surface area contributed by atoms with E-state index in [1.165, 1.54) is 5.56 Å². The van der Waals surface area contributed by atoms with E-state index in [2.05, 4.69) is 34.7 Å². The summed E-state index contributed by atoms with van der Waals surface area (Å²) in [5.74, 6) is -0.449. The molecule has 0 unspecified atom stereocenters. The van der Waals surface area contributed by atoms with E-state index in [4.69, 9.17) is 0 Å². The number of anilines is 2. The SMILES string of the molecule is Cc1ccccc1NC1CCN(C(=O)CC(=O)Nc2ccc(-c3ccccc3)nc2)CC1. The van der Waals surface area contributed by atoms with Gasteiger partial charge in [0.2, 0.25) is 11.8 Å². The Hall–Kier alpha value is -3.67. The number of para-hydroxylation sites is 1. The number of piperidine rings is 1. The summed E-state index contributed by atoms with van der Waals surface area (Å²) >= 11 is 0. The topological polar surface area (TPSA) is 74.3 Å². The molecule has 1 aliphatic rings. The number of aromatic nitrogens is 1. The molecule has 2 heterocycles. The van der Waals surface area contributed by atoms with E-state index in [-0.39, 0.29) is 18.2 Å². The number of benzene rings is 2. The van der Waals surface area contributed by atoms with Crippen LogP contribution in [0.15, 0.2) is 72.9 Å². The maximum atomic E-state index is 12.6. The van der Waals surface area contributed by atoms with Crippen molar-refractivity contribution in [1.82, 2.24) is 9.88 Å². The molecule has 2 amide bonds. The van der Waals surface area contributed by atoms with Gasteiger partial charge in [-0.25, -0.2) is 0 Å². The van der Waals surface area contributed by atoms with Crippen molar-refractivity contribution in [3.63, 3.8) is 0 Å². The first-order valence-corrected chi connectivity index (χ1v) is 11.0. The summed E-state index contributed by atoms with van der Waals surface area (Å²) in [5, 5.41) is 6.35. The maximum absolute atomic E-state index is 12.6. The molecule has 0 radical (unpaired) electrons. The van der Waals surface area contributed by atoms with Gasteiger partial charge in [-0.05, 0) is 43.5 Å². The van der Waals surface area contributed by atoms with Crippen LogP contribution >= 0.6 is 0 Å². The highest BCUT2D eigenvalue weighted by Gasteiger charge is 2.24. The Morgan fingerprint density at radius 1 is 0.969 bits per heavy atom. The number of hydrogen-bond donors (Lipinski definition) is 2. The molecule has 2 aromatic carbocycles. The first kappa shape index (κ1) is 21.6. The maximum Gasteiger partial charge on any atom is 0.233 e. The van der Waals surface area contributed by atoms with Crippen LogP contribution in [-0.4, -0.2) is 40.8 Å². The number of aryl methyl sites for hydroxylation is 1. The zero-order valence-corrected chi connectivity index (χ0v) is 18.3. The number of nitrogens with one attached hydrogen (secondary N) is 2. The van der Waals surface area contributed by atoms with Crippen molar-refractivity contribution in [1.29, 1.82) is 0 Å². The van der Waals surface area contributed by atoms with Crippen molar-refractivity contribution in [3.8, 4) is 11.3 Å². The average molecular weight is 429 g/mol. The van der Waals surface area contributed by atoms with Crippen molar-refractivity contribution in [2.75, 3.05) is 23.7 Å². The van der Waals surface area contributed by atoms with E-state index in [0.29, 0.717) is 24.8 Å². The molecule has 32 heavy (non-hydrogen) atoms. The van der Waals surface area contributed by atoms with E-state index in [1.807, 2.05) is 48.5 Å². The monoisotopic (exact) mass is 428 g/mol. The lowest BCUT2D eigenvalue weighted by Crippen LogP contribution is -2.43. The Morgan fingerprint density at radius 3 is 2.38 bits per heavy atom. The van der Waals surface area contributed by atoms with Crippen molar-refractivity contribution >= 4 is 23.2 Å². The zero-order chi connectivity index (χ0) is 22.3. The van der Waals surface area contributed by atoms with Gasteiger partial charge in [0.05, 0.1) is 17.6 Å². The number of hydrogen-bond acceptors (Lipinski definition) is 4. The number of likely N-dealkylation sites (tertiary alicyclic amines) is 1. The molecule has 0 bridgehead atoms. The van der Waals surface area contributed by atoms with E-state index in [0.717, 1.165) is 29.8 Å². The van der Waals surface area contributed by atoms with Gasteiger partial charge in [0.25, 0.3) is 0 Å². The molecular formula is C26H28N4O2. The Bertz CT molecular complexity index is 1060. The van der Waals surface area contributed by atoms with Gasteiger partial charge >= 0.3 is 0 Å². The highest BCUT2D eigenvalue weighted by atomic mass is 16.2. The number of rotatable bonds is 6. The lowest BCUT2D eigenvalue weighted by atomic mass is 10.0. The molecule has 0 spiro atoms. The molecule has 1 aliphatic heterocycles. The van der Waals surface area contributed by atoms with Crippen molar-refractivity contribution in [3.05, 3.63) is 78.5 Å². The van der Waals surface area contributed by atoms with Gasteiger partial charge in [-0.3, -0.25) is 14.6 Å². The molecule has 0 saturated carbocycles. The van der Waals surface area contributed by atoms with Gasteiger partial charge in [0, 0.05) is 30.4 Å². The molecule has 3 aromatic rings. The van der Waals surface area contributed by atoms with E-state index in [9.17, 15) is 9.59 Å². The Balaban J connectivity index is 1.24. The summed E-state index contributed by atoms with van der Waals surface area (Å²) in [6.45, 7) is 3.40. The van der Waals surface area contributed by atoms with Crippen molar-refractivity contribution < 1.29 is 9.59 Å². The highest BCUT2D eigenvalue weighted by Crippen LogP contribution is 2.21. The molecule has 0 atom stereocenters. The molecule has 1 aromatic heterocycles. The average Bonchev–Trinajstić information content (AvgIpc) is 2.82. The largest absolute Gasteiger partial charge is 0.382 e. The third-order valence-electron chi connectivity index (χ3n) is 5.78. The molecule has 1 fully saturated rings. The summed E-state index contributed by atoms with van der Waals surface area (Å²) < 4.78 is 0. The van der Waals surface area contributed by atoms with E-state index < -0.39 is 0 Å². The first-order chi connectivity index (χ1) is 15.6. The Labute approximate surface area is 188 Å². The van der Waals surface area contributed by atoms with Crippen LogP contribution in [0.5, 0.6) is 0 Å². The van der Waals surface area contributed by atoms with E-state index in [1.54, 1.807) is 17.2 Å². The van der Waals surface area contributed by atoms with Crippen molar-refractivity contribution in [2.24, 2.45) is 0 Å². The number of carbonyl (C=O) groups is 2. The second-order valence-electron chi connectivity index (χ2n) is 8.14. The van der Waals surface area contributed by atoms with Crippen LogP contribution in [0.4, 0.5) is 11.4 Å². The summed E-state index contributed by atoms with van der Waals surface area (Å²) in [6, 6.07) is 22.1. The summed E-state index contributed by atoms with van der Waals surface area (Å²) in [4.78, 5) is 31.1. The molecule has 6 heteroatoms. The predicted octanol–water partition coefficient (Wildman–Crippen LogP) is 4.49. The minimum atomic E-state index is -0.315. The minimum Gasteiger partial charge on any atom is -0.382 e. The quantitative estimate of drug-likeness (QED) is 0.568. The van der Waals surface area contributed by atoms with Gasteiger partial charge in [-0.2, -0.15) is 0 Å². The third-order valence-corrected chi connectivity index (χ3v) is 5.78. The van der Waals surface area contributed by atoms with Crippen molar-refractivity contribution in [2.45, 2.75) is 32.2 Å². The Morgan fingerprint density at radius 2 is 1.69 bits per heavy atom. The van der Waals surface area contributed by atoms with Crippen LogP contribution in [0.25, 0.3) is 11.3 Å². The van der Waals surface area contributed by atoms with Gasteiger partial charge in [-0.15, -0.1) is 0 Å². The normalized spacial score (nSPS) is 14.1. The standard InChI is InChI=1S/C26H28N4O2/c1-19-7-5-6-10-23(19)28-21-13-15-30(16-14-21)26(32)17-25(31)29-22-11-12-24(27-18-22)20-8-3-2-4-9-20/h2-12,18,21,28H,13-17H2,1H3,(H,29,31). The van der Waals surface area contributed by atoms with Crippen LogP contribution in [0, 0.1) is 6.92 Å². The summed E-state index contributed by atoms with van der Waals surface area (Å²) in [5.41, 5.74) is 4.80. The molecule has 4 rings (SSSR count). The summed E-state index contributed by atoms with van der Waals surface area (Å²) in [6.07, 6.45) is 3.20. The first-order valence-electron chi connectivity index (χ1n) is 11.0. The van der Waals surface area contributed by atoms with Gasteiger partial charge in [0.1, 0.15) is 6.42 Å². The van der Waals surface area contributed by atoms with Gasteiger partial charge in [-0.1, -0.05) is 48.5 Å². The number of pyridine rings is 1. The zero-order valence-electron chi connectivity index (χ0n) is 18.3. The number of amides is 2. The van der Waals surface area contributed by atoms with Crippen LogP contribution in [0.1, 0.15) is 24.8 Å². The summed E-state index contributed by atoms with van der Waals surface area (Å²) in [7, 11) is 0. The van der Waals surface area contributed by atoms with Crippen LogP contribution in [0.3, 0.4) is 0 Å². The fourth-order valence-corrected chi connectivity index (χ4v) is 3.93. The highest BCUT2D eigenvalue weighted by molar-refractivity contribution is 6.03. The van der Waals surface area contributed by atoms with Crippen LogP contribution in [-0.2, 0) is 9.59 Å². The molecule has 1 saturated heterocycles. The van der Waals surface area contributed by atoms with Gasteiger partial charge in [0.15, 0.2) is 0 Å². The lowest BCUT2D eigenvalue weighted by Gasteiger charge is -2.33. The smallest absolute Gasteiger partial charge is 0.233 e. The second kappa shape index (κ2) is 10.1. The molecular weight excluding hydrogens is 400 g/mol. The lowest BCUT2D eigenvalue weighted by molar-refractivity contribution is -0.135.